The number of benzene rings is 1. The molecule has 0 heterocycles. The van der Waals surface area contributed by atoms with Crippen LogP contribution in [0.2, 0.25) is 0 Å². The fourth-order valence-corrected chi connectivity index (χ4v) is 1.68. The molecular formula is C13H20N2OS. The standard InChI is InChI=1S/C13H20N2OS/c1-10(17-2)9-15-13(16)8-12(14)11-6-4-3-5-7-11/h3-7,10,12H,8-9,14H2,1-2H3,(H,15,16). The lowest BCUT2D eigenvalue weighted by Crippen LogP contribution is -2.31. The Balaban J connectivity index is 2.36. The van der Waals surface area contributed by atoms with Gasteiger partial charge in [0.2, 0.25) is 5.91 Å². The first-order valence-electron chi connectivity index (χ1n) is 5.73. The van der Waals surface area contributed by atoms with E-state index in [1.807, 2.05) is 36.6 Å². The summed E-state index contributed by atoms with van der Waals surface area (Å²) >= 11 is 1.74. The first-order chi connectivity index (χ1) is 8.13. The fraction of sp³-hybridized carbons (Fsp3) is 0.462. The zero-order valence-electron chi connectivity index (χ0n) is 10.3. The molecule has 2 unspecified atom stereocenters. The number of thioether (sulfide) groups is 1. The third-order valence-corrected chi connectivity index (χ3v) is 3.59. The normalized spacial score (nSPS) is 14.1. The van der Waals surface area contributed by atoms with Crippen LogP contribution < -0.4 is 11.1 Å². The summed E-state index contributed by atoms with van der Waals surface area (Å²) in [5.74, 6) is 0.0160. The highest BCUT2D eigenvalue weighted by Gasteiger charge is 2.11. The predicted octanol–water partition coefficient (Wildman–Crippen LogP) is 1.94. The number of rotatable bonds is 6. The SMILES string of the molecule is CSC(C)CNC(=O)CC(N)c1ccccc1. The van der Waals surface area contributed by atoms with E-state index in [9.17, 15) is 4.79 Å². The first-order valence-corrected chi connectivity index (χ1v) is 7.02. The van der Waals surface area contributed by atoms with E-state index in [0.29, 0.717) is 18.2 Å². The second-order valence-electron chi connectivity index (χ2n) is 4.07. The molecule has 2 atom stereocenters. The van der Waals surface area contributed by atoms with E-state index in [2.05, 4.69) is 12.2 Å². The molecule has 4 heteroatoms. The lowest BCUT2D eigenvalue weighted by atomic mass is 10.0. The van der Waals surface area contributed by atoms with Crippen LogP contribution >= 0.6 is 11.8 Å². The number of hydrogen-bond donors (Lipinski definition) is 2. The van der Waals surface area contributed by atoms with Gasteiger partial charge in [-0.15, -0.1) is 0 Å². The Labute approximate surface area is 107 Å². The lowest BCUT2D eigenvalue weighted by molar-refractivity contribution is -0.121. The summed E-state index contributed by atoms with van der Waals surface area (Å²) in [5.41, 5.74) is 6.97. The number of hydrogen-bond acceptors (Lipinski definition) is 3. The third kappa shape index (κ3) is 5.24. The predicted molar refractivity (Wildman–Crippen MR) is 74.0 cm³/mol. The van der Waals surface area contributed by atoms with Gasteiger partial charge in [-0.1, -0.05) is 37.3 Å². The second kappa shape index (κ2) is 7.35. The van der Waals surface area contributed by atoms with Gasteiger partial charge in [0.05, 0.1) is 0 Å². The van der Waals surface area contributed by atoms with Gasteiger partial charge in [-0.3, -0.25) is 4.79 Å². The summed E-state index contributed by atoms with van der Waals surface area (Å²) in [6.45, 7) is 2.78. The van der Waals surface area contributed by atoms with Gasteiger partial charge in [0.25, 0.3) is 0 Å². The number of nitrogens with two attached hydrogens (primary N) is 1. The number of nitrogens with one attached hydrogen (secondary N) is 1. The molecule has 3 N–H and O–H groups in total. The Morgan fingerprint density at radius 3 is 2.65 bits per heavy atom. The smallest absolute Gasteiger partial charge is 0.221 e. The van der Waals surface area contributed by atoms with Crippen molar-refractivity contribution in [2.45, 2.75) is 24.6 Å². The largest absolute Gasteiger partial charge is 0.355 e. The Bertz CT molecular complexity index is 343. The van der Waals surface area contributed by atoms with Gasteiger partial charge in [0.1, 0.15) is 0 Å². The molecule has 94 valence electrons. The summed E-state index contributed by atoms with van der Waals surface area (Å²) in [6.07, 6.45) is 2.37. The average Bonchev–Trinajstić information content (AvgIpc) is 2.36. The Morgan fingerprint density at radius 1 is 1.41 bits per heavy atom. The highest BCUT2D eigenvalue weighted by Crippen LogP contribution is 2.13. The molecule has 0 bridgehead atoms. The van der Waals surface area contributed by atoms with Crippen molar-refractivity contribution in [3.63, 3.8) is 0 Å². The van der Waals surface area contributed by atoms with Crippen molar-refractivity contribution >= 4 is 17.7 Å². The van der Waals surface area contributed by atoms with Crippen molar-refractivity contribution in [2.24, 2.45) is 5.73 Å². The van der Waals surface area contributed by atoms with Crippen LogP contribution in [0.5, 0.6) is 0 Å². The van der Waals surface area contributed by atoms with Gasteiger partial charge < -0.3 is 11.1 Å². The first kappa shape index (κ1) is 14.1. The highest BCUT2D eigenvalue weighted by molar-refractivity contribution is 7.99. The molecule has 0 saturated heterocycles. The third-order valence-electron chi connectivity index (χ3n) is 2.62. The summed E-state index contributed by atoms with van der Waals surface area (Å²) in [6, 6.07) is 9.48. The van der Waals surface area contributed by atoms with E-state index in [4.69, 9.17) is 5.73 Å². The van der Waals surface area contributed by atoms with Gasteiger partial charge in [-0.2, -0.15) is 11.8 Å². The van der Waals surface area contributed by atoms with E-state index in [1.54, 1.807) is 11.8 Å². The molecule has 0 saturated carbocycles. The summed E-state index contributed by atoms with van der Waals surface area (Å²) < 4.78 is 0. The Hall–Kier alpha value is -1.00. The van der Waals surface area contributed by atoms with Crippen LogP contribution in [0.25, 0.3) is 0 Å². The molecule has 0 fully saturated rings. The van der Waals surface area contributed by atoms with E-state index < -0.39 is 0 Å². The van der Waals surface area contributed by atoms with Crippen LogP contribution in [0.15, 0.2) is 30.3 Å². The van der Waals surface area contributed by atoms with Gasteiger partial charge in [0, 0.05) is 24.3 Å². The number of amides is 1. The minimum Gasteiger partial charge on any atom is -0.355 e. The van der Waals surface area contributed by atoms with Crippen molar-refractivity contribution in [3.05, 3.63) is 35.9 Å². The molecule has 3 nitrogen and oxygen atoms in total. The van der Waals surface area contributed by atoms with Crippen molar-refractivity contribution in [1.29, 1.82) is 0 Å². The molecule has 0 aromatic heterocycles. The van der Waals surface area contributed by atoms with Crippen LogP contribution in [0.1, 0.15) is 24.9 Å². The molecule has 1 amide bonds. The zero-order chi connectivity index (χ0) is 12.7. The maximum atomic E-state index is 11.6. The highest BCUT2D eigenvalue weighted by atomic mass is 32.2. The fourth-order valence-electron chi connectivity index (χ4n) is 1.43. The van der Waals surface area contributed by atoms with Crippen LogP contribution in [0, 0.1) is 0 Å². The maximum Gasteiger partial charge on any atom is 0.221 e. The topological polar surface area (TPSA) is 55.1 Å². The lowest BCUT2D eigenvalue weighted by Gasteiger charge is -2.13. The minimum atomic E-state index is -0.221. The monoisotopic (exact) mass is 252 g/mol. The van der Waals surface area contributed by atoms with E-state index in [1.165, 1.54) is 0 Å². The summed E-state index contributed by atoms with van der Waals surface area (Å²) in [4.78, 5) is 11.6. The Kier molecular flexibility index (Phi) is 6.08. The number of carbonyl (C=O) groups excluding carboxylic acids is 1. The molecule has 1 aromatic rings. The van der Waals surface area contributed by atoms with Crippen LogP contribution in [-0.4, -0.2) is 24.0 Å². The molecule has 17 heavy (non-hydrogen) atoms. The minimum absolute atomic E-state index is 0.0160. The molecule has 0 aliphatic rings. The zero-order valence-corrected chi connectivity index (χ0v) is 11.2. The molecule has 1 rings (SSSR count). The van der Waals surface area contributed by atoms with Gasteiger partial charge in [0.15, 0.2) is 0 Å². The summed E-state index contributed by atoms with van der Waals surface area (Å²) in [5, 5.41) is 3.33. The average molecular weight is 252 g/mol. The van der Waals surface area contributed by atoms with E-state index >= 15 is 0 Å². The molecular weight excluding hydrogens is 232 g/mol. The molecule has 0 radical (unpaired) electrons. The maximum absolute atomic E-state index is 11.6. The molecule has 0 aliphatic carbocycles. The second-order valence-corrected chi connectivity index (χ2v) is 5.35. The Morgan fingerprint density at radius 2 is 2.06 bits per heavy atom. The van der Waals surface area contributed by atoms with Crippen LogP contribution in [-0.2, 0) is 4.79 Å². The van der Waals surface area contributed by atoms with Crippen LogP contribution in [0.4, 0.5) is 0 Å². The number of carbonyl (C=O) groups is 1. The van der Waals surface area contributed by atoms with Crippen molar-refractivity contribution in [2.75, 3.05) is 12.8 Å². The van der Waals surface area contributed by atoms with E-state index in [0.717, 1.165) is 5.56 Å². The van der Waals surface area contributed by atoms with Crippen molar-refractivity contribution in [1.82, 2.24) is 5.32 Å². The molecule has 1 aromatic carbocycles. The summed E-state index contributed by atoms with van der Waals surface area (Å²) in [7, 11) is 0. The van der Waals surface area contributed by atoms with Crippen molar-refractivity contribution in [3.8, 4) is 0 Å². The van der Waals surface area contributed by atoms with Crippen LogP contribution in [0.3, 0.4) is 0 Å². The molecule has 0 aliphatic heterocycles. The quantitative estimate of drug-likeness (QED) is 0.813. The van der Waals surface area contributed by atoms with Gasteiger partial charge in [-0.25, -0.2) is 0 Å². The van der Waals surface area contributed by atoms with Crippen molar-refractivity contribution < 1.29 is 4.79 Å². The van der Waals surface area contributed by atoms with Gasteiger partial charge >= 0.3 is 0 Å². The van der Waals surface area contributed by atoms with E-state index in [-0.39, 0.29) is 11.9 Å². The van der Waals surface area contributed by atoms with Gasteiger partial charge in [-0.05, 0) is 11.8 Å². The molecule has 0 spiro atoms.